The molecule has 2 atom stereocenters. The lowest BCUT2D eigenvalue weighted by Gasteiger charge is -2.30. The third-order valence-electron chi connectivity index (χ3n) is 4.34. The highest BCUT2D eigenvalue weighted by Crippen LogP contribution is 2.42. The van der Waals surface area contributed by atoms with Crippen molar-refractivity contribution < 1.29 is 0 Å². The normalized spacial score (nSPS) is 25.6. The Morgan fingerprint density at radius 3 is 2.44 bits per heavy atom. The van der Waals surface area contributed by atoms with Gasteiger partial charge in [0.2, 0.25) is 0 Å². The van der Waals surface area contributed by atoms with Crippen molar-refractivity contribution in [3.05, 3.63) is 43.0 Å². The lowest BCUT2D eigenvalue weighted by Crippen LogP contribution is -2.45. The Morgan fingerprint density at radius 1 is 1.19 bits per heavy atom. The van der Waals surface area contributed by atoms with E-state index in [-0.39, 0.29) is 0 Å². The van der Waals surface area contributed by atoms with Crippen LogP contribution in [0.25, 0.3) is 0 Å². The Kier molecular flexibility index (Phi) is 3.34. The first-order valence-corrected chi connectivity index (χ1v) is 9.40. The summed E-state index contributed by atoms with van der Waals surface area (Å²) in [7, 11) is -1.25. The van der Waals surface area contributed by atoms with Crippen molar-refractivity contribution in [2.75, 3.05) is 0 Å². The number of rotatable bonds is 3. The van der Waals surface area contributed by atoms with Crippen molar-refractivity contribution in [3.63, 3.8) is 0 Å². The number of hydrogen-bond donors (Lipinski definition) is 0. The molecule has 0 aliphatic heterocycles. The van der Waals surface area contributed by atoms with Crippen LogP contribution in [-0.4, -0.2) is 8.07 Å². The molecule has 1 saturated carbocycles. The summed E-state index contributed by atoms with van der Waals surface area (Å²) in [5, 5.41) is 1.62. The van der Waals surface area contributed by atoms with Gasteiger partial charge in [-0.1, -0.05) is 61.1 Å². The largest absolute Gasteiger partial charge is 0.103 e. The maximum atomic E-state index is 3.95. The highest BCUT2D eigenvalue weighted by atomic mass is 28.3. The SMILES string of the molecule is C=CC1CCC([Si](C)(C)c2ccccc2)C1. The van der Waals surface area contributed by atoms with E-state index in [0.717, 1.165) is 11.5 Å². The van der Waals surface area contributed by atoms with Crippen LogP contribution < -0.4 is 5.19 Å². The molecule has 1 aromatic rings. The second kappa shape index (κ2) is 4.58. The first-order valence-electron chi connectivity index (χ1n) is 6.32. The molecule has 0 radical (unpaired) electrons. The van der Waals surface area contributed by atoms with E-state index in [1.54, 1.807) is 5.19 Å². The molecule has 0 heterocycles. The van der Waals surface area contributed by atoms with E-state index in [1.807, 2.05) is 0 Å². The van der Waals surface area contributed by atoms with E-state index < -0.39 is 8.07 Å². The fraction of sp³-hybridized carbons (Fsp3) is 0.467. The van der Waals surface area contributed by atoms with Crippen LogP contribution in [0.2, 0.25) is 18.6 Å². The molecular formula is C15H22Si. The third kappa shape index (κ3) is 2.15. The lowest BCUT2D eigenvalue weighted by molar-refractivity contribution is 0.685. The molecule has 1 fully saturated rings. The maximum absolute atomic E-state index is 3.95. The van der Waals surface area contributed by atoms with Gasteiger partial charge in [0, 0.05) is 0 Å². The van der Waals surface area contributed by atoms with E-state index >= 15 is 0 Å². The van der Waals surface area contributed by atoms with Gasteiger partial charge < -0.3 is 0 Å². The van der Waals surface area contributed by atoms with Gasteiger partial charge in [-0.2, -0.15) is 0 Å². The van der Waals surface area contributed by atoms with Gasteiger partial charge in [0.1, 0.15) is 0 Å². The highest BCUT2D eigenvalue weighted by Gasteiger charge is 2.37. The molecule has 86 valence electrons. The summed E-state index contributed by atoms with van der Waals surface area (Å²) in [6, 6.07) is 11.1. The average molecular weight is 230 g/mol. The van der Waals surface area contributed by atoms with Gasteiger partial charge in [-0.15, -0.1) is 6.58 Å². The molecule has 2 rings (SSSR count). The average Bonchev–Trinajstić information content (AvgIpc) is 2.79. The van der Waals surface area contributed by atoms with Crippen LogP contribution in [0, 0.1) is 5.92 Å². The van der Waals surface area contributed by atoms with Gasteiger partial charge in [0.15, 0.2) is 0 Å². The minimum absolute atomic E-state index is 0.778. The van der Waals surface area contributed by atoms with Crippen LogP contribution in [0.15, 0.2) is 43.0 Å². The van der Waals surface area contributed by atoms with Crippen molar-refractivity contribution in [1.82, 2.24) is 0 Å². The summed E-state index contributed by atoms with van der Waals surface area (Å²) in [4.78, 5) is 0. The monoisotopic (exact) mass is 230 g/mol. The zero-order valence-electron chi connectivity index (χ0n) is 10.4. The van der Waals surface area contributed by atoms with Gasteiger partial charge in [-0.3, -0.25) is 0 Å². The van der Waals surface area contributed by atoms with E-state index in [2.05, 4.69) is 56.1 Å². The molecule has 0 amide bonds. The van der Waals surface area contributed by atoms with Crippen molar-refractivity contribution in [2.24, 2.45) is 5.92 Å². The Hall–Kier alpha value is -0.823. The van der Waals surface area contributed by atoms with Gasteiger partial charge >= 0.3 is 0 Å². The summed E-state index contributed by atoms with van der Waals surface area (Å²) < 4.78 is 0. The first kappa shape index (κ1) is 11.7. The Labute approximate surface area is 100 Å². The maximum Gasteiger partial charge on any atom is 0.0837 e. The van der Waals surface area contributed by atoms with Gasteiger partial charge in [-0.05, 0) is 24.3 Å². The van der Waals surface area contributed by atoms with Crippen LogP contribution in [0.4, 0.5) is 0 Å². The third-order valence-corrected chi connectivity index (χ3v) is 8.73. The zero-order chi connectivity index (χ0) is 11.6. The van der Waals surface area contributed by atoms with Crippen molar-refractivity contribution in [2.45, 2.75) is 37.9 Å². The fourth-order valence-corrected chi connectivity index (χ4v) is 6.29. The van der Waals surface area contributed by atoms with E-state index in [4.69, 9.17) is 0 Å². The van der Waals surface area contributed by atoms with Crippen LogP contribution in [-0.2, 0) is 0 Å². The number of allylic oxidation sites excluding steroid dienone is 1. The molecule has 1 aliphatic rings. The molecule has 1 aliphatic carbocycles. The predicted octanol–water partition coefficient (Wildman–Crippen LogP) is 3.96. The molecule has 0 nitrogen and oxygen atoms in total. The summed E-state index contributed by atoms with van der Waals surface area (Å²) >= 11 is 0. The zero-order valence-corrected chi connectivity index (χ0v) is 11.4. The summed E-state index contributed by atoms with van der Waals surface area (Å²) in [6.45, 7) is 9.00. The molecule has 0 N–H and O–H groups in total. The molecule has 0 spiro atoms. The van der Waals surface area contributed by atoms with Gasteiger partial charge in [0.05, 0.1) is 8.07 Å². The van der Waals surface area contributed by atoms with Crippen molar-refractivity contribution in [3.8, 4) is 0 Å². The smallest absolute Gasteiger partial charge is 0.0837 e. The van der Waals surface area contributed by atoms with Gasteiger partial charge in [-0.25, -0.2) is 0 Å². The van der Waals surface area contributed by atoms with Crippen molar-refractivity contribution in [1.29, 1.82) is 0 Å². The number of benzene rings is 1. The molecule has 1 aromatic carbocycles. The van der Waals surface area contributed by atoms with Crippen LogP contribution in [0.1, 0.15) is 19.3 Å². The molecular weight excluding hydrogens is 208 g/mol. The van der Waals surface area contributed by atoms with E-state index in [9.17, 15) is 0 Å². The molecule has 0 bridgehead atoms. The van der Waals surface area contributed by atoms with E-state index in [1.165, 1.54) is 19.3 Å². The summed E-state index contributed by atoms with van der Waals surface area (Å²) in [6.07, 6.45) is 6.30. The Bertz CT molecular complexity index is 353. The number of hydrogen-bond acceptors (Lipinski definition) is 0. The first-order chi connectivity index (χ1) is 7.64. The van der Waals surface area contributed by atoms with Crippen LogP contribution in [0.3, 0.4) is 0 Å². The Balaban J connectivity index is 2.17. The molecule has 0 saturated heterocycles. The molecule has 1 heteroatoms. The van der Waals surface area contributed by atoms with Crippen LogP contribution in [0.5, 0.6) is 0 Å². The lowest BCUT2D eigenvalue weighted by atomic mass is 10.1. The molecule has 16 heavy (non-hydrogen) atoms. The topological polar surface area (TPSA) is 0 Å². The minimum atomic E-state index is -1.25. The quantitative estimate of drug-likeness (QED) is 0.545. The second-order valence-corrected chi connectivity index (χ2v) is 10.4. The summed E-state index contributed by atoms with van der Waals surface area (Å²) in [5.41, 5.74) is 0.942. The fourth-order valence-electron chi connectivity index (χ4n) is 2.99. The summed E-state index contributed by atoms with van der Waals surface area (Å²) in [5.74, 6) is 0.778. The second-order valence-electron chi connectivity index (χ2n) is 5.59. The highest BCUT2D eigenvalue weighted by molar-refractivity contribution is 6.91. The van der Waals surface area contributed by atoms with Crippen LogP contribution >= 0.6 is 0 Å². The standard InChI is InChI=1S/C15H22Si/c1-4-13-10-11-15(12-13)16(2,3)14-8-6-5-7-9-14/h4-9,13,15H,1,10-12H2,2-3H3. The van der Waals surface area contributed by atoms with E-state index in [0.29, 0.717) is 0 Å². The predicted molar refractivity (Wildman–Crippen MR) is 74.8 cm³/mol. The molecule has 0 aromatic heterocycles. The Morgan fingerprint density at radius 2 is 1.88 bits per heavy atom. The van der Waals surface area contributed by atoms with Gasteiger partial charge in [0.25, 0.3) is 0 Å². The minimum Gasteiger partial charge on any atom is -0.103 e. The molecule has 2 unspecified atom stereocenters. The van der Waals surface area contributed by atoms with Crippen molar-refractivity contribution >= 4 is 13.3 Å².